The zero-order valence-corrected chi connectivity index (χ0v) is 13.8. The van der Waals surface area contributed by atoms with E-state index in [-0.39, 0.29) is 41.4 Å². The zero-order chi connectivity index (χ0) is 13.4. The quantitative estimate of drug-likeness (QED) is 0.882. The molecule has 3 rings (SSSR count). The Kier molecular flexibility index (Phi) is 7.14. The van der Waals surface area contributed by atoms with E-state index in [9.17, 15) is 8.78 Å². The van der Waals surface area contributed by atoms with E-state index >= 15 is 0 Å². The number of hydrogen-bond acceptors (Lipinski definition) is 2. The fourth-order valence-electron chi connectivity index (χ4n) is 2.92. The molecule has 1 saturated carbocycles. The molecule has 1 atom stereocenters. The van der Waals surface area contributed by atoms with E-state index in [0.29, 0.717) is 5.92 Å². The maximum Gasteiger partial charge on any atom is 0.132 e. The monoisotopic (exact) mass is 358 g/mol. The molecule has 120 valence electrons. The van der Waals surface area contributed by atoms with E-state index in [1.54, 1.807) is 0 Å². The maximum absolute atomic E-state index is 14.1. The van der Waals surface area contributed by atoms with Crippen LogP contribution in [0.15, 0.2) is 12.1 Å². The molecule has 2 aliphatic rings. The van der Waals surface area contributed by atoms with Gasteiger partial charge in [0.2, 0.25) is 0 Å². The molecule has 2 nitrogen and oxygen atoms in total. The van der Waals surface area contributed by atoms with Crippen molar-refractivity contribution in [3.05, 3.63) is 34.4 Å². The summed E-state index contributed by atoms with van der Waals surface area (Å²) in [5, 5.41) is 3.39. The Labute approximate surface area is 141 Å². The third-order valence-corrected chi connectivity index (χ3v) is 4.17. The Bertz CT molecular complexity index is 454. The van der Waals surface area contributed by atoms with Gasteiger partial charge in [-0.15, -0.1) is 24.8 Å². The normalized spacial score (nSPS) is 20.3. The molecule has 2 fully saturated rings. The van der Waals surface area contributed by atoms with Gasteiger partial charge in [0.25, 0.3) is 0 Å². The predicted octanol–water partition coefficient (Wildman–Crippen LogP) is 3.82. The summed E-state index contributed by atoms with van der Waals surface area (Å²) in [6.45, 7) is 3.42. The Morgan fingerprint density at radius 3 is 2.10 bits per heavy atom. The van der Waals surface area contributed by atoms with Crippen LogP contribution in [0.5, 0.6) is 0 Å². The molecule has 1 N–H and O–H groups in total. The van der Waals surface area contributed by atoms with Gasteiger partial charge in [-0.2, -0.15) is 0 Å². The van der Waals surface area contributed by atoms with Gasteiger partial charge in [-0.05, 0) is 30.9 Å². The van der Waals surface area contributed by atoms with Crippen molar-refractivity contribution >= 4 is 36.4 Å². The average Bonchev–Trinajstić information content (AvgIpc) is 3.18. The van der Waals surface area contributed by atoms with Crippen molar-refractivity contribution < 1.29 is 8.78 Å². The first-order valence-electron chi connectivity index (χ1n) is 6.76. The fraction of sp³-hybridized carbons (Fsp3) is 0.571. The van der Waals surface area contributed by atoms with Gasteiger partial charge >= 0.3 is 0 Å². The molecule has 7 heteroatoms. The molecule has 1 aromatic rings. The molecule has 0 spiro atoms. The summed E-state index contributed by atoms with van der Waals surface area (Å²) in [5.74, 6) is -0.649. The minimum absolute atomic E-state index is 0. The van der Waals surface area contributed by atoms with Crippen LogP contribution in [0.3, 0.4) is 0 Å². The number of rotatable bonds is 3. The number of nitrogens with one attached hydrogen (secondary N) is 1. The highest BCUT2D eigenvalue weighted by Gasteiger charge is 2.39. The number of hydrogen-bond donors (Lipinski definition) is 1. The van der Waals surface area contributed by atoms with Gasteiger partial charge in [-0.3, -0.25) is 4.90 Å². The molecule has 0 amide bonds. The smallest absolute Gasteiger partial charge is 0.132 e. The number of benzene rings is 1. The van der Waals surface area contributed by atoms with Crippen molar-refractivity contribution in [1.82, 2.24) is 10.2 Å². The molecule has 1 aromatic carbocycles. The van der Waals surface area contributed by atoms with Gasteiger partial charge in [0, 0.05) is 42.8 Å². The van der Waals surface area contributed by atoms with Crippen LogP contribution in [-0.4, -0.2) is 31.1 Å². The van der Waals surface area contributed by atoms with E-state index in [2.05, 4.69) is 10.2 Å². The van der Waals surface area contributed by atoms with Gasteiger partial charge in [-0.25, -0.2) is 8.78 Å². The Balaban J connectivity index is 0.00000110. The van der Waals surface area contributed by atoms with Gasteiger partial charge in [0.05, 0.1) is 0 Å². The summed E-state index contributed by atoms with van der Waals surface area (Å²) in [6.07, 6.45) is 2.10. The summed E-state index contributed by atoms with van der Waals surface area (Å²) < 4.78 is 28.3. The van der Waals surface area contributed by atoms with Crippen LogP contribution in [-0.2, 0) is 0 Å². The summed E-state index contributed by atoms with van der Waals surface area (Å²) in [7, 11) is 0. The Morgan fingerprint density at radius 2 is 1.62 bits per heavy atom. The number of halogens is 5. The number of nitrogens with zero attached hydrogens (tertiary/aromatic N) is 1. The van der Waals surface area contributed by atoms with Crippen LogP contribution in [0.4, 0.5) is 8.78 Å². The van der Waals surface area contributed by atoms with Crippen molar-refractivity contribution in [2.75, 3.05) is 26.2 Å². The highest BCUT2D eigenvalue weighted by molar-refractivity contribution is 6.30. The summed E-state index contributed by atoms with van der Waals surface area (Å²) in [5.41, 5.74) is 0.203. The lowest BCUT2D eigenvalue weighted by atomic mass is 9.98. The van der Waals surface area contributed by atoms with Gasteiger partial charge in [-0.1, -0.05) is 11.6 Å². The van der Waals surface area contributed by atoms with E-state index in [0.717, 1.165) is 39.0 Å². The molecule has 1 saturated heterocycles. The lowest BCUT2D eigenvalue weighted by molar-refractivity contribution is 0.149. The molecular weight excluding hydrogens is 341 g/mol. The highest BCUT2D eigenvalue weighted by Crippen LogP contribution is 2.46. The lowest BCUT2D eigenvalue weighted by Crippen LogP contribution is -2.46. The SMILES string of the molecule is Cl.Cl.Fc1cc(Cl)cc(F)c1[C@@H](C1CC1)N1CCNCC1. The van der Waals surface area contributed by atoms with Crippen LogP contribution in [0.2, 0.25) is 5.02 Å². The second-order valence-electron chi connectivity index (χ2n) is 5.35. The van der Waals surface area contributed by atoms with Crippen LogP contribution in [0.1, 0.15) is 24.4 Å². The number of piperazine rings is 1. The van der Waals surface area contributed by atoms with Crippen molar-refractivity contribution in [1.29, 1.82) is 0 Å². The first kappa shape index (κ1) is 18.9. The largest absolute Gasteiger partial charge is 0.314 e. The van der Waals surface area contributed by atoms with E-state index in [1.165, 1.54) is 12.1 Å². The molecule has 21 heavy (non-hydrogen) atoms. The van der Waals surface area contributed by atoms with E-state index < -0.39 is 11.6 Å². The van der Waals surface area contributed by atoms with Gasteiger partial charge in [0.15, 0.2) is 0 Å². The molecular formula is C14H19Cl3F2N2. The standard InChI is InChI=1S/C14H17ClF2N2.2ClH/c15-10-7-11(16)13(12(17)8-10)14(9-1-2-9)19-5-3-18-4-6-19;;/h7-9,14,18H,1-6H2;2*1H/t14-;;/m1../s1. The Morgan fingerprint density at radius 1 is 1.10 bits per heavy atom. The molecule has 0 aromatic heterocycles. The molecule has 1 aliphatic carbocycles. The van der Waals surface area contributed by atoms with E-state index in [4.69, 9.17) is 11.6 Å². The predicted molar refractivity (Wildman–Crippen MR) is 85.8 cm³/mol. The first-order chi connectivity index (χ1) is 9.16. The van der Waals surface area contributed by atoms with Crippen molar-refractivity contribution in [2.45, 2.75) is 18.9 Å². The van der Waals surface area contributed by atoms with Crippen LogP contribution < -0.4 is 5.32 Å². The minimum Gasteiger partial charge on any atom is -0.314 e. The second kappa shape index (κ2) is 7.93. The average molecular weight is 360 g/mol. The summed E-state index contributed by atoms with van der Waals surface area (Å²) >= 11 is 5.70. The highest BCUT2D eigenvalue weighted by atomic mass is 35.5. The van der Waals surface area contributed by atoms with E-state index in [1.807, 2.05) is 0 Å². The van der Waals surface area contributed by atoms with Gasteiger partial charge in [0.1, 0.15) is 11.6 Å². The third-order valence-electron chi connectivity index (χ3n) is 3.95. The maximum atomic E-state index is 14.1. The first-order valence-corrected chi connectivity index (χ1v) is 7.14. The van der Waals surface area contributed by atoms with Crippen LogP contribution in [0, 0.1) is 17.6 Å². The summed E-state index contributed by atoms with van der Waals surface area (Å²) in [4.78, 5) is 2.20. The second-order valence-corrected chi connectivity index (χ2v) is 5.79. The zero-order valence-electron chi connectivity index (χ0n) is 11.4. The topological polar surface area (TPSA) is 15.3 Å². The van der Waals surface area contributed by atoms with Crippen molar-refractivity contribution in [3.63, 3.8) is 0 Å². The summed E-state index contributed by atoms with van der Waals surface area (Å²) in [6, 6.07) is 2.30. The molecule has 1 aliphatic heterocycles. The third kappa shape index (κ3) is 4.20. The lowest BCUT2D eigenvalue weighted by Gasteiger charge is -2.35. The van der Waals surface area contributed by atoms with Crippen molar-refractivity contribution in [2.24, 2.45) is 5.92 Å². The minimum atomic E-state index is -0.513. The van der Waals surface area contributed by atoms with Crippen molar-refractivity contribution in [3.8, 4) is 0 Å². The molecule has 0 radical (unpaired) electrons. The van der Waals surface area contributed by atoms with Gasteiger partial charge < -0.3 is 5.32 Å². The van der Waals surface area contributed by atoms with Crippen LogP contribution in [0.25, 0.3) is 0 Å². The Hall–Kier alpha value is -0.130. The molecule has 1 heterocycles. The fourth-order valence-corrected chi connectivity index (χ4v) is 3.12. The van der Waals surface area contributed by atoms with Crippen LogP contribution >= 0.6 is 36.4 Å². The molecule has 0 unspecified atom stereocenters. The molecule has 0 bridgehead atoms.